The number of carbonyl (C=O) groups excluding carboxylic acids is 1. The summed E-state index contributed by atoms with van der Waals surface area (Å²) < 4.78 is 0. The number of rotatable bonds is 5. The lowest BCUT2D eigenvalue weighted by molar-refractivity contribution is 0.0943. The van der Waals surface area contributed by atoms with Crippen LogP contribution < -0.4 is 5.32 Å². The molecule has 1 atom stereocenters. The molecule has 0 saturated carbocycles. The van der Waals surface area contributed by atoms with Crippen LogP contribution in [0.5, 0.6) is 0 Å². The van der Waals surface area contributed by atoms with E-state index in [1.54, 1.807) is 24.3 Å². The predicted octanol–water partition coefficient (Wildman–Crippen LogP) is 2.18. The van der Waals surface area contributed by atoms with Gasteiger partial charge in [0.2, 0.25) is 0 Å². The molecule has 0 fully saturated rings. The Balaban J connectivity index is 2.70. The topological polar surface area (TPSA) is 49.3 Å². The number of carbonyl (C=O) groups is 1. The molecule has 1 aromatic rings. The van der Waals surface area contributed by atoms with Crippen LogP contribution in [0.15, 0.2) is 24.3 Å². The number of aliphatic hydroxyl groups excluding tert-OH is 1. The molecule has 4 heteroatoms. The van der Waals surface area contributed by atoms with Crippen LogP contribution in [0.2, 0.25) is 0 Å². The van der Waals surface area contributed by atoms with Crippen molar-refractivity contribution >= 4 is 18.5 Å². The molecule has 0 radical (unpaired) electrons. The summed E-state index contributed by atoms with van der Waals surface area (Å²) in [5.74, 6) is 0.548. The van der Waals surface area contributed by atoms with Crippen molar-refractivity contribution in [2.75, 3.05) is 5.75 Å². The van der Waals surface area contributed by atoms with E-state index >= 15 is 0 Å². The van der Waals surface area contributed by atoms with E-state index in [0.29, 0.717) is 17.7 Å². The van der Waals surface area contributed by atoms with E-state index in [0.717, 1.165) is 5.56 Å². The van der Waals surface area contributed by atoms with Crippen LogP contribution in [0.3, 0.4) is 0 Å². The van der Waals surface area contributed by atoms with Gasteiger partial charge in [0.25, 0.3) is 5.91 Å². The predicted molar refractivity (Wildman–Crippen MR) is 72.5 cm³/mol. The van der Waals surface area contributed by atoms with Crippen molar-refractivity contribution in [2.24, 2.45) is 0 Å². The molecule has 17 heavy (non-hydrogen) atoms. The Kier molecular flexibility index (Phi) is 5.51. The molecular weight excluding hydrogens is 234 g/mol. The summed E-state index contributed by atoms with van der Waals surface area (Å²) in [6.45, 7) is 3.84. The molecule has 1 amide bonds. The van der Waals surface area contributed by atoms with Gasteiger partial charge in [-0.1, -0.05) is 12.1 Å². The van der Waals surface area contributed by atoms with Gasteiger partial charge in [-0.15, -0.1) is 0 Å². The first-order chi connectivity index (χ1) is 8.04. The lowest BCUT2D eigenvalue weighted by Crippen LogP contribution is -2.30. The maximum atomic E-state index is 11.7. The SMILES string of the molecule is CC(C)NC(=O)c1ccc(C(O)CCS)cc1. The van der Waals surface area contributed by atoms with E-state index in [4.69, 9.17) is 0 Å². The highest BCUT2D eigenvalue weighted by atomic mass is 32.1. The summed E-state index contributed by atoms with van der Waals surface area (Å²) in [6.07, 6.45) is 0.107. The van der Waals surface area contributed by atoms with Gasteiger partial charge in [-0.2, -0.15) is 12.6 Å². The standard InChI is InChI=1S/C13H19NO2S/c1-9(2)14-13(16)11-5-3-10(4-6-11)12(15)7-8-17/h3-6,9,12,15,17H,7-8H2,1-2H3,(H,14,16). The van der Waals surface area contributed by atoms with E-state index in [1.807, 2.05) is 13.8 Å². The molecule has 1 rings (SSSR count). The number of hydrogen-bond acceptors (Lipinski definition) is 3. The first-order valence-corrected chi connectivity index (χ1v) is 6.37. The average Bonchev–Trinajstić information content (AvgIpc) is 2.28. The van der Waals surface area contributed by atoms with Crippen molar-refractivity contribution in [3.8, 4) is 0 Å². The van der Waals surface area contributed by atoms with E-state index in [-0.39, 0.29) is 11.9 Å². The van der Waals surface area contributed by atoms with E-state index in [1.165, 1.54) is 0 Å². The molecule has 0 aromatic heterocycles. The Labute approximate surface area is 108 Å². The average molecular weight is 253 g/mol. The zero-order valence-corrected chi connectivity index (χ0v) is 11.1. The fourth-order valence-corrected chi connectivity index (χ4v) is 1.74. The van der Waals surface area contributed by atoms with Crippen molar-refractivity contribution in [2.45, 2.75) is 32.4 Å². The molecule has 0 aliphatic carbocycles. The minimum absolute atomic E-state index is 0.0877. The van der Waals surface area contributed by atoms with E-state index < -0.39 is 6.10 Å². The number of hydrogen-bond donors (Lipinski definition) is 3. The fourth-order valence-electron chi connectivity index (χ4n) is 1.49. The first-order valence-electron chi connectivity index (χ1n) is 5.74. The van der Waals surface area contributed by atoms with Gasteiger partial charge >= 0.3 is 0 Å². The molecule has 0 bridgehead atoms. The lowest BCUT2D eigenvalue weighted by Gasteiger charge is -2.11. The smallest absolute Gasteiger partial charge is 0.251 e. The van der Waals surface area contributed by atoms with E-state index in [9.17, 15) is 9.90 Å². The molecule has 0 aliphatic rings. The number of amides is 1. The third kappa shape index (κ3) is 4.40. The first kappa shape index (κ1) is 14.1. The molecule has 1 aromatic carbocycles. The van der Waals surface area contributed by atoms with Crippen LogP contribution in [-0.4, -0.2) is 22.8 Å². The summed E-state index contributed by atoms with van der Waals surface area (Å²) in [5, 5.41) is 12.6. The van der Waals surface area contributed by atoms with Gasteiger partial charge in [-0.05, 0) is 43.7 Å². The second kappa shape index (κ2) is 6.67. The van der Waals surface area contributed by atoms with Crippen molar-refractivity contribution < 1.29 is 9.90 Å². The maximum absolute atomic E-state index is 11.7. The van der Waals surface area contributed by atoms with Gasteiger partial charge in [0.1, 0.15) is 0 Å². The Hall–Kier alpha value is -1.00. The highest BCUT2D eigenvalue weighted by Gasteiger charge is 2.09. The zero-order chi connectivity index (χ0) is 12.8. The molecule has 3 nitrogen and oxygen atoms in total. The number of nitrogens with one attached hydrogen (secondary N) is 1. The molecule has 0 heterocycles. The number of aliphatic hydroxyl groups is 1. The summed E-state index contributed by atoms with van der Waals surface area (Å²) in [5.41, 5.74) is 1.43. The highest BCUT2D eigenvalue weighted by Crippen LogP contribution is 2.17. The maximum Gasteiger partial charge on any atom is 0.251 e. The van der Waals surface area contributed by atoms with Gasteiger partial charge in [-0.25, -0.2) is 0 Å². The third-order valence-electron chi connectivity index (χ3n) is 2.38. The lowest BCUT2D eigenvalue weighted by atomic mass is 10.0. The minimum Gasteiger partial charge on any atom is -0.388 e. The second-order valence-corrected chi connectivity index (χ2v) is 4.73. The number of benzene rings is 1. The van der Waals surface area contributed by atoms with Gasteiger partial charge < -0.3 is 10.4 Å². The van der Waals surface area contributed by atoms with Crippen molar-refractivity contribution in [3.63, 3.8) is 0 Å². The normalized spacial score (nSPS) is 12.5. The van der Waals surface area contributed by atoms with Crippen LogP contribution in [0.4, 0.5) is 0 Å². The fraction of sp³-hybridized carbons (Fsp3) is 0.462. The quantitative estimate of drug-likeness (QED) is 0.704. The van der Waals surface area contributed by atoms with E-state index in [2.05, 4.69) is 17.9 Å². The van der Waals surface area contributed by atoms with Gasteiger partial charge in [0.05, 0.1) is 6.10 Å². The largest absolute Gasteiger partial charge is 0.388 e. The summed E-state index contributed by atoms with van der Waals surface area (Å²) in [4.78, 5) is 11.7. The van der Waals surface area contributed by atoms with Gasteiger partial charge in [0, 0.05) is 11.6 Å². The van der Waals surface area contributed by atoms with Crippen LogP contribution in [0, 0.1) is 0 Å². The van der Waals surface area contributed by atoms with Crippen LogP contribution in [0.25, 0.3) is 0 Å². The Morgan fingerprint density at radius 3 is 2.41 bits per heavy atom. The minimum atomic E-state index is -0.505. The Morgan fingerprint density at radius 1 is 1.35 bits per heavy atom. The zero-order valence-electron chi connectivity index (χ0n) is 10.2. The van der Waals surface area contributed by atoms with Crippen LogP contribution in [0.1, 0.15) is 42.3 Å². The second-order valence-electron chi connectivity index (χ2n) is 4.28. The van der Waals surface area contributed by atoms with Gasteiger partial charge in [0.15, 0.2) is 0 Å². The van der Waals surface area contributed by atoms with Crippen LogP contribution >= 0.6 is 12.6 Å². The van der Waals surface area contributed by atoms with Gasteiger partial charge in [-0.3, -0.25) is 4.79 Å². The molecule has 0 aliphatic heterocycles. The molecule has 1 unspecified atom stereocenters. The third-order valence-corrected chi connectivity index (χ3v) is 2.64. The van der Waals surface area contributed by atoms with Crippen LogP contribution in [-0.2, 0) is 0 Å². The summed E-state index contributed by atoms with van der Waals surface area (Å²) in [7, 11) is 0. The Bertz CT molecular complexity index is 362. The highest BCUT2D eigenvalue weighted by molar-refractivity contribution is 7.80. The molecular formula is C13H19NO2S. The van der Waals surface area contributed by atoms with Crippen molar-refractivity contribution in [1.29, 1.82) is 0 Å². The Morgan fingerprint density at radius 2 is 1.94 bits per heavy atom. The van der Waals surface area contributed by atoms with Crippen molar-refractivity contribution in [3.05, 3.63) is 35.4 Å². The molecule has 0 spiro atoms. The number of thiol groups is 1. The molecule has 0 saturated heterocycles. The molecule has 94 valence electrons. The summed E-state index contributed by atoms with van der Waals surface area (Å²) >= 11 is 4.08. The molecule has 2 N–H and O–H groups in total. The van der Waals surface area contributed by atoms with Crippen molar-refractivity contribution in [1.82, 2.24) is 5.32 Å². The summed E-state index contributed by atoms with van der Waals surface area (Å²) in [6, 6.07) is 7.15. The monoisotopic (exact) mass is 253 g/mol.